The van der Waals surface area contributed by atoms with Gasteiger partial charge < -0.3 is 15.4 Å². The molecule has 2 aromatic carbocycles. The number of hydrogen-bond donors (Lipinski definition) is 1. The van der Waals surface area contributed by atoms with Crippen LogP contribution >= 0.6 is 0 Å². The summed E-state index contributed by atoms with van der Waals surface area (Å²) in [6, 6.07) is 18.7. The molecule has 6 nitrogen and oxygen atoms in total. The Labute approximate surface area is 176 Å². The number of carbonyl (C=O) groups is 3. The zero-order chi connectivity index (χ0) is 21.5. The van der Waals surface area contributed by atoms with E-state index in [0.717, 1.165) is 16.8 Å². The van der Waals surface area contributed by atoms with E-state index in [1.54, 1.807) is 17.9 Å². The van der Waals surface area contributed by atoms with E-state index in [1.165, 1.54) is 0 Å². The minimum Gasteiger partial charge on any atom is -0.458 e. The Balaban J connectivity index is 1.77. The predicted octanol–water partition coefficient (Wildman–Crippen LogP) is 3.54. The van der Waals surface area contributed by atoms with Gasteiger partial charge in [0.1, 0.15) is 6.10 Å². The summed E-state index contributed by atoms with van der Waals surface area (Å²) in [7, 11) is 0. The minimum atomic E-state index is -0.711. The maximum Gasteiger partial charge on any atom is 0.307 e. The number of para-hydroxylation sites is 1. The molecule has 2 N–H and O–H groups in total. The van der Waals surface area contributed by atoms with Crippen LogP contribution in [0.15, 0.2) is 72.3 Å². The summed E-state index contributed by atoms with van der Waals surface area (Å²) in [5.41, 5.74) is 7.77. The van der Waals surface area contributed by atoms with Crippen LogP contribution in [0.25, 0.3) is 0 Å². The lowest BCUT2D eigenvalue weighted by molar-refractivity contribution is -0.150. The molecular weight excluding hydrogens is 380 g/mol. The van der Waals surface area contributed by atoms with E-state index in [9.17, 15) is 14.4 Å². The summed E-state index contributed by atoms with van der Waals surface area (Å²) < 4.78 is 5.56. The molecule has 0 aromatic heterocycles. The molecule has 2 aromatic rings. The van der Waals surface area contributed by atoms with Crippen molar-refractivity contribution in [2.45, 2.75) is 32.3 Å². The molecule has 3 rings (SSSR count). The molecule has 2 amide bonds. The summed E-state index contributed by atoms with van der Waals surface area (Å²) in [6.45, 7) is 2.22. The van der Waals surface area contributed by atoms with E-state index in [0.29, 0.717) is 13.0 Å². The molecule has 0 spiro atoms. The zero-order valence-corrected chi connectivity index (χ0v) is 17.0. The number of hydrogen-bond acceptors (Lipinski definition) is 4. The van der Waals surface area contributed by atoms with E-state index >= 15 is 0 Å². The lowest BCUT2D eigenvalue weighted by atomic mass is 9.99. The molecule has 0 radical (unpaired) electrons. The third-order valence-electron chi connectivity index (χ3n) is 5.11. The van der Waals surface area contributed by atoms with Gasteiger partial charge in [0.05, 0.1) is 12.3 Å². The molecule has 156 valence electrons. The van der Waals surface area contributed by atoms with Gasteiger partial charge in [-0.1, -0.05) is 60.2 Å². The molecule has 30 heavy (non-hydrogen) atoms. The van der Waals surface area contributed by atoms with Crippen LogP contribution in [-0.4, -0.2) is 24.3 Å². The van der Waals surface area contributed by atoms with Crippen LogP contribution in [0.2, 0.25) is 0 Å². The van der Waals surface area contributed by atoms with E-state index in [-0.39, 0.29) is 18.7 Å². The first-order valence-electron chi connectivity index (χ1n) is 10.0. The quantitative estimate of drug-likeness (QED) is 0.563. The fourth-order valence-corrected chi connectivity index (χ4v) is 3.60. The van der Waals surface area contributed by atoms with E-state index in [2.05, 4.69) is 0 Å². The van der Waals surface area contributed by atoms with Crippen molar-refractivity contribution in [2.24, 2.45) is 11.7 Å². The first-order valence-corrected chi connectivity index (χ1v) is 10.0. The van der Waals surface area contributed by atoms with Crippen molar-refractivity contribution >= 4 is 23.5 Å². The number of carbonyl (C=O) groups excluding carboxylic acids is 3. The zero-order valence-electron chi connectivity index (χ0n) is 17.0. The highest BCUT2D eigenvalue weighted by Gasteiger charge is 2.30. The highest BCUT2D eigenvalue weighted by Crippen LogP contribution is 2.27. The fraction of sp³-hybridized carbons (Fsp3) is 0.292. The first kappa shape index (κ1) is 21.3. The number of anilines is 1. The Bertz CT molecular complexity index is 925. The van der Waals surface area contributed by atoms with Crippen molar-refractivity contribution in [1.82, 2.24) is 0 Å². The van der Waals surface area contributed by atoms with Crippen LogP contribution in [0.3, 0.4) is 0 Å². The van der Waals surface area contributed by atoms with Crippen LogP contribution in [0.1, 0.15) is 37.9 Å². The van der Waals surface area contributed by atoms with Crippen molar-refractivity contribution in [3.8, 4) is 0 Å². The minimum absolute atomic E-state index is 0.0713. The van der Waals surface area contributed by atoms with Gasteiger partial charge in [0, 0.05) is 18.7 Å². The molecule has 0 saturated carbocycles. The van der Waals surface area contributed by atoms with Gasteiger partial charge in [-0.3, -0.25) is 14.4 Å². The highest BCUT2D eigenvalue weighted by molar-refractivity contribution is 5.98. The average molecular weight is 406 g/mol. The fourth-order valence-electron chi connectivity index (χ4n) is 3.60. The second kappa shape index (κ2) is 9.87. The van der Waals surface area contributed by atoms with Gasteiger partial charge in [-0.2, -0.15) is 0 Å². The summed E-state index contributed by atoms with van der Waals surface area (Å²) in [4.78, 5) is 38.9. The molecule has 0 saturated heterocycles. The SMILES string of the molecule is CC(OC(=O)CC1C=C(CC(N)=O)CCN(c2ccccc2)C1=O)c1ccccc1. The lowest BCUT2D eigenvalue weighted by Crippen LogP contribution is -2.36. The van der Waals surface area contributed by atoms with Gasteiger partial charge in [-0.05, 0) is 31.0 Å². The largest absolute Gasteiger partial charge is 0.458 e. The van der Waals surface area contributed by atoms with Gasteiger partial charge in [0.25, 0.3) is 0 Å². The Kier molecular flexibility index (Phi) is 7.01. The van der Waals surface area contributed by atoms with Gasteiger partial charge in [0.15, 0.2) is 0 Å². The van der Waals surface area contributed by atoms with Crippen molar-refractivity contribution in [3.05, 3.63) is 77.9 Å². The molecule has 2 atom stereocenters. The van der Waals surface area contributed by atoms with Crippen LogP contribution < -0.4 is 10.6 Å². The Hall–Kier alpha value is -3.41. The standard InChI is InChI=1S/C24H26N2O4/c1-17(19-8-4-2-5-9-19)30-23(28)16-20-14-18(15-22(25)27)12-13-26(24(20)29)21-10-6-3-7-11-21/h2-11,14,17,20H,12-13,15-16H2,1H3,(H2,25,27). The molecular formula is C24H26N2O4. The van der Waals surface area contributed by atoms with Crippen LogP contribution in [0, 0.1) is 5.92 Å². The molecule has 6 heteroatoms. The number of rotatable bonds is 7. The number of nitrogens with two attached hydrogens (primary N) is 1. The summed E-state index contributed by atoms with van der Waals surface area (Å²) >= 11 is 0. The third-order valence-corrected chi connectivity index (χ3v) is 5.11. The maximum atomic E-state index is 13.2. The number of benzene rings is 2. The topological polar surface area (TPSA) is 89.7 Å². The predicted molar refractivity (Wildman–Crippen MR) is 114 cm³/mol. The van der Waals surface area contributed by atoms with Gasteiger partial charge in [-0.25, -0.2) is 0 Å². The molecule has 1 aliphatic rings. The molecule has 0 aliphatic carbocycles. The Morgan fingerprint density at radius 2 is 1.73 bits per heavy atom. The molecule has 0 fully saturated rings. The maximum absolute atomic E-state index is 13.2. The van der Waals surface area contributed by atoms with Gasteiger partial charge in [0.2, 0.25) is 11.8 Å². The smallest absolute Gasteiger partial charge is 0.307 e. The molecule has 0 bridgehead atoms. The van der Waals surface area contributed by atoms with Crippen molar-refractivity contribution in [3.63, 3.8) is 0 Å². The molecule has 1 aliphatic heterocycles. The van der Waals surface area contributed by atoms with Crippen LogP contribution in [-0.2, 0) is 19.1 Å². The first-order chi connectivity index (χ1) is 14.4. The van der Waals surface area contributed by atoms with Crippen molar-refractivity contribution in [1.29, 1.82) is 0 Å². The Morgan fingerprint density at radius 1 is 1.10 bits per heavy atom. The summed E-state index contributed by atoms with van der Waals surface area (Å²) in [6.07, 6.45) is 1.79. The van der Waals surface area contributed by atoms with E-state index in [1.807, 2.05) is 60.7 Å². The lowest BCUT2D eigenvalue weighted by Gasteiger charge is -2.24. The van der Waals surface area contributed by atoms with Crippen LogP contribution in [0.4, 0.5) is 5.69 Å². The van der Waals surface area contributed by atoms with Gasteiger partial charge >= 0.3 is 5.97 Å². The number of primary amides is 1. The number of esters is 1. The second-order valence-corrected chi connectivity index (χ2v) is 7.40. The average Bonchev–Trinajstić information content (AvgIpc) is 2.88. The van der Waals surface area contributed by atoms with Crippen LogP contribution in [0.5, 0.6) is 0 Å². The third kappa shape index (κ3) is 5.56. The normalized spacial score (nSPS) is 17.6. The number of ether oxygens (including phenoxy) is 1. The summed E-state index contributed by atoms with van der Waals surface area (Å²) in [5, 5.41) is 0. The molecule has 2 unspecified atom stereocenters. The van der Waals surface area contributed by atoms with Crippen molar-refractivity contribution < 1.29 is 19.1 Å². The van der Waals surface area contributed by atoms with E-state index < -0.39 is 23.9 Å². The van der Waals surface area contributed by atoms with Crippen molar-refractivity contribution in [2.75, 3.05) is 11.4 Å². The summed E-state index contributed by atoms with van der Waals surface area (Å²) in [5.74, 6) is -1.82. The Morgan fingerprint density at radius 3 is 2.37 bits per heavy atom. The number of amides is 2. The monoisotopic (exact) mass is 406 g/mol. The molecule has 1 heterocycles. The van der Waals surface area contributed by atoms with E-state index in [4.69, 9.17) is 10.5 Å². The number of nitrogens with zero attached hydrogens (tertiary/aromatic N) is 1. The second-order valence-electron chi connectivity index (χ2n) is 7.40. The van der Waals surface area contributed by atoms with Gasteiger partial charge in [-0.15, -0.1) is 0 Å². The highest BCUT2D eigenvalue weighted by atomic mass is 16.5.